The van der Waals surface area contributed by atoms with Crippen LogP contribution in [0.1, 0.15) is 16.8 Å². The first-order valence-electron chi connectivity index (χ1n) is 5.29. The number of fused-ring (bicyclic) bond motifs is 1. The predicted molar refractivity (Wildman–Crippen MR) is 65.5 cm³/mol. The van der Waals surface area contributed by atoms with E-state index in [0.717, 1.165) is 27.9 Å². The van der Waals surface area contributed by atoms with Crippen LogP contribution < -0.4 is 5.32 Å². The van der Waals surface area contributed by atoms with Crippen molar-refractivity contribution in [3.05, 3.63) is 34.8 Å². The van der Waals surface area contributed by atoms with E-state index in [4.69, 9.17) is 0 Å². The summed E-state index contributed by atoms with van der Waals surface area (Å²) in [5.41, 5.74) is 4.71. The molecule has 2 rings (SSSR count). The van der Waals surface area contributed by atoms with Crippen molar-refractivity contribution >= 4 is 16.6 Å². The van der Waals surface area contributed by atoms with E-state index >= 15 is 0 Å². The zero-order valence-electron chi connectivity index (χ0n) is 9.98. The van der Waals surface area contributed by atoms with Gasteiger partial charge in [-0.2, -0.15) is 0 Å². The molecule has 16 heavy (non-hydrogen) atoms. The molecule has 0 aliphatic rings. The zero-order chi connectivity index (χ0) is 11.9. The van der Waals surface area contributed by atoms with Crippen molar-refractivity contribution in [3.8, 4) is 0 Å². The highest BCUT2D eigenvalue weighted by Crippen LogP contribution is 2.30. The number of rotatable bonds is 1. The summed E-state index contributed by atoms with van der Waals surface area (Å²) in [7, 11) is 1.88. The number of hydrogen-bond acceptors (Lipinski definition) is 2. The lowest BCUT2D eigenvalue weighted by atomic mass is 10.0. The van der Waals surface area contributed by atoms with Gasteiger partial charge < -0.3 is 5.32 Å². The molecule has 1 aromatic heterocycles. The maximum Gasteiger partial charge on any atom is 0.125 e. The molecule has 0 spiro atoms. The van der Waals surface area contributed by atoms with E-state index in [2.05, 4.69) is 10.3 Å². The minimum absolute atomic E-state index is 0.234. The SMILES string of the molecule is CNc1c(C)c(C)nc2cc(F)cc(C)c12. The molecule has 1 heterocycles. The fraction of sp³-hybridized carbons (Fsp3) is 0.308. The average molecular weight is 218 g/mol. The molecule has 2 aromatic rings. The molecule has 84 valence electrons. The standard InChI is InChI=1S/C13H15FN2/c1-7-5-10(14)6-11-12(7)13(15-4)8(2)9(3)16-11/h5-6H,1-4H3,(H,15,16). The summed E-state index contributed by atoms with van der Waals surface area (Å²) in [4.78, 5) is 4.43. The molecule has 0 aliphatic carbocycles. The first-order chi connectivity index (χ1) is 7.54. The van der Waals surface area contributed by atoms with E-state index in [1.54, 1.807) is 6.07 Å². The van der Waals surface area contributed by atoms with Gasteiger partial charge in [-0.3, -0.25) is 4.98 Å². The minimum Gasteiger partial charge on any atom is -0.387 e. The Kier molecular flexibility index (Phi) is 2.54. The Morgan fingerprint density at radius 2 is 1.88 bits per heavy atom. The number of pyridine rings is 1. The van der Waals surface area contributed by atoms with Gasteiger partial charge in [0.2, 0.25) is 0 Å². The second-order valence-electron chi connectivity index (χ2n) is 4.06. The molecule has 1 aromatic carbocycles. The van der Waals surface area contributed by atoms with Crippen molar-refractivity contribution in [2.75, 3.05) is 12.4 Å². The van der Waals surface area contributed by atoms with Crippen LogP contribution in [0, 0.1) is 26.6 Å². The largest absolute Gasteiger partial charge is 0.387 e. The van der Waals surface area contributed by atoms with Gasteiger partial charge in [-0.05, 0) is 38.0 Å². The molecule has 3 heteroatoms. The molecule has 0 saturated carbocycles. The highest BCUT2D eigenvalue weighted by atomic mass is 19.1. The van der Waals surface area contributed by atoms with Crippen LogP contribution in [0.5, 0.6) is 0 Å². The fourth-order valence-corrected chi connectivity index (χ4v) is 2.08. The Balaban J connectivity index is 2.96. The van der Waals surface area contributed by atoms with Gasteiger partial charge in [0.05, 0.1) is 5.52 Å². The van der Waals surface area contributed by atoms with Crippen molar-refractivity contribution in [2.24, 2.45) is 0 Å². The maximum atomic E-state index is 13.3. The number of aromatic nitrogens is 1. The molecule has 0 radical (unpaired) electrons. The lowest BCUT2D eigenvalue weighted by Crippen LogP contribution is -2.00. The summed E-state index contributed by atoms with van der Waals surface area (Å²) in [6, 6.07) is 3.02. The van der Waals surface area contributed by atoms with Gasteiger partial charge in [0.25, 0.3) is 0 Å². The molecule has 0 aliphatic heterocycles. The molecule has 1 N–H and O–H groups in total. The number of nitrogens with zero attached hydrogens (tertiary/aromatic N) is 1. The van der Waals surface area contributed by atoms with Crippen molar-refractivity contribution in [2.45, 2.75) is 20.8 Å². The lowest BCUT2D eigenvalue weighted by Gasteiger charge is -2.13. The van der Waals surface area contributed by atoms with Crippen molar-refractivity contribution in [1.82, 2.24) is 4.98 Å². The van der Waals surface area contributed by atoms with Crippen molar-refractivity contribution in [3.63, 3.8) is 0 Å². The van der Waals surface area contributed by atoms with E-state index in [9.17, 15) is 4.39 Å². The number of nitrogens with one attached hydrogen (secondary N) is 1. The average Bonchev–Trinajstić information content (AvgIpc) is 2.20. The highest BCUT2D eigenvalue weighted by Gasteiger charge is 2.11. The van der Waals surface area contributed by atoms with Gasteiger partial charge in [-0.15, -0.1) is 0 Å². The molecular formula is C13H15FN2. The summed E-state index contributed by atoms with van der Waals surface area (Å²) < 4.78 is 13.3. The molecule has 0 saturated heterocycles. The summed E-state index contributed by atoms with van der Waals surface area (Å²) in [6.07, 6.45) is 0. The number of hydrogen-bond donors (Lipinski definition) is 1. The third-order valence-corrected chi connectivity index (χ3v) is 2.99. The van der Waals surface area contributed by atoms with E-state index < -0.39 is 0 Å². The normalized spacial score (nSPS) is 10.8. The van der Waals surface area contributed by atoms with Crippen LogP contribution in [-0.4, -0.2) is 12.0 Å². The first kappa shape index (κ1) is 10.9. The molecule has 0 bridgehead atoms. The summed E-state index contributed by atoms with van der Waals surface area (Å²) >= 11 is 0. The molecule has 0 atom stereocenters. The van der Waals surface area contributed by atoms with E-state index in [1.165, 1.54) is 6.07 Å². The molecule has 0 fully saturated rings. The van der Waals surface area contributed by atoms with Crippen molar-refractivity contribution < 1.29 is 4.39 Å². The van der Waals surface area contributed by atoms with Gasteiger partial charge in [0.15, 0.2) is 0 Å². The number of anilines is 1. The quantitative estimate of drug-likeness (QED) is 0.794. The number of aryl methyl sites for hydroxylation is 2. The monoisotopic (exact) mass is 218 g/mol. The Morgan fingerprint density at radius 3 is 2.50 bits per heavy atom. The predicted octanol–water partition coefficient (Wildman–Crippen LogP) is 3.34. The minimum atomic E-state index is -0.234. The maximum absolute atomic E-state index is 13.3. The van der Waals surface area contributed by atoms with E-state index in [1.807, 2.05) is 27.8 Å². The van der Waals surface area contributed by atoms with Crippen LogP contribution in [0.15, 0.2) is 12.1 Å². The summed E-state index contributed by atoms with van der Waals surface area (Å²) in [6.45, 7) is 5.87. The lowest BCUT2D eigenvalue weighted by molar-refractivity contribution is 0.628. The van der Waals surface area contributed by atoms with Gasteiger partial charge >= 0.3 is 0 Å². The third kappa shape index (κ3) is 1.52. The van der Waals surface area contributed by atoms with Gasteiger partial charge in [-0.25, -0.2) is 4.39 Å². The second-order valence-corrected chi connectivity index (χ2v) is 4.06. The molecule has 2 nitrogen and oxygen atoms in total. The van der Waals surface area contributed by atoms with Crippen LogP contribution in [0.3, 0.4) is 0 Å². The van der Waals surface area contributed by atoms with Gasteiger partial charge in [0.1, 0.15) is 5.82 Å². The van der Waals surface area contributed by atoms with E-state index in [-0.39, 0.29) is 5.82 Å². The van der Waals surface area contributed by atoms with Crippen LogP contribution >= 0.6 is 0 Å². The molecular weight excluding hydrogens is 203 g/mol. The fourth-order valence-electron chi connectivity index (χ4n) is 2.08. The van der Waals surface area contributed by atoms with Gasteiger partial charge in [-0.1, -0.05) is 0 Å². The van der Waals surface area contributed by atoms with Crippen LogP contribution in [0.2, 0.25) is 0 Å². The van der Waals surface area contributed by atoms with E-state index in [0.29, 0.717) is 5.52 Å². The van der Waals surface area contributed by atoms with Crippen LogP contribution in [-0.2, 0) is 0 Å². The highest BCUT2D eigenvalue weighted by molar-refractivity contribution is 5.95. The van der Waals surface area contributed by atoms with Crippen molar-refractivity contribution in [1.29, 1.82) is 0 Å². The molecule has 0 unspecified atom stereocenters. The smallest absolute Gasteiger partial charge is 0.125 e. The Bertz CT molecular complexity index is 562. The first-order valence-corrected chi connectivity index (χ1v) is 5.29. The Morgan fingerprint density at radius 1 is 1.19 bits per heavy atom. The van der Waals surface area contributed by atoms with Crippen LogP contribution in [0.25, 0.3) is 10.9 Å². The Hall–Kier alpha value is -1.64. The summed E-state index contributed by atoms with van der Waals surface area (Å²) in [5, 5.41) is 4.18. The Labute approximate surface area is 94.5 Å². The topological polar surface area (TPSA) is 24.9 Å². The van der Waals surface area contributed by atoms with Gasteiger partial charge in [0, 0.05) is 29.9 Å². The molecule has 0 amide bonds. The van der Waals surface area contributed by atoms with Crippen LogP contribution in [0.4, 0.5) is 10.1 Å². The third-order valence-electron chi connectivity index (χ3n) is 2.99. The summed E-state index contributed by atoms with van der Waals surface area (Å²) in [5.74, 6) is -0.234. The zero-order valence-corrected chi connectivity index (χ0v) is 9.98. The number of benzene rings is 1. The number of halogens is 1. The second kappa shape index (κ2) is 3.74.